The van der Waals surface area contributed by atoms with Gasteiger partial charge in [0.15, 0.2) is 0 Å². The van der Waals surface area contributed by atoms with Crippen molar-refractivity contribution in [1.82, 2.24) is 4.90 Å². The van der Waals surface area contributed by atoms with Crippen LogP contribution in [0.3, 0.4) is 0 Å². The van der Waals surface area contributed by atoms with Crippen LogP contribution in [0, 0.1) is 6.92 Å². The summed E-state index contributed by atoms with van der Waals surface area (Å²) < 4.78 is 0. The first-order chi connectivity index (χ1) is 14.4. The van der Waals surface area contributed by atoms with Crippen molar-refractivity contribution < 1.29 is 0 Å². The van der Waals surface area contributed by atoms with Gasteiger partial charge >= 0.3 is 0 Å². The largest absolute Gasteiger partial charge is 0.368 e. The molecule has 0 amide bonds. The van der Waals surface area contributed by atoms with E-state index in [0.717, 1.165) is 25.9 Å². The molecule has 3 heteroatoms. The lowest BCUT2D eigenvalue weighted by Crippen LogP contribution is -2.37. The molecule has 0 radical (unpaired) electrons. The molecular weight excluding hydrogens is 366 g/mol. The summed E-state index contributed by atoms with van der Waals surface area (Å²) in [5, 5.41) is 0. The molecule has 0 fully saturated rings. The Morgan fingerprint density at radius 1 is 1.10 bits per heavy atom. The summed E-state index contributed by atoms with van der Waals surface area (Å²) in [6.07, 6.45) is 7.11. The fourth-order valence-electron chi connectivity index (χ4n) is 3.61. The Morgan fingerprint density at radius 3 is 2.07 bits per heavy atom. The predicted octanol–water partition coefficient (Wildman–Crippen LogP) is 7.35. The van der Waals surface area contributed by atoms with Gasteiger partial charge in [0.25, 0.3) is 0 Å². The van der Waals surface area contributed by atoms with Crippen molar-refractivity contribution in [3.8, 4) is 0 Å². The highest BCUT2D eigenvalue weighted by Crippen LogP contribution is 2.42. The van der Waals surface area contributed by atoms with Crippen LogP contribution >= 0.6 is 0 Å². The van der Waals surface area contributed by atoms with Crippen molar-refractivity contribution in [3.63, 3.8) is 0 Å². The SMILES string of the molecule is C=CCC.CC.CCC1[C@@H](CN(C)CC)c2cc(C)ccc2N1CC.CCC=NC. The van der Waals surface area contributed by atoms with Crippen LogP contribution in [0.2, 0.25) is 0 Å². The number of aryl methyl sites for hydroxylation is 1. The third kappa shape index (κ3) is 10.4. The van der Waals surface area contributed by atoms with E-state index in [2.05, 4.69) is 88.2 Å². The summed E-state index contributed by atoms with van der Waals surface area (Å²) in [4.78, 5) is 8.77. The van der Waals surface area contributed by atoms with E-state index in [1.54, 1.807) is 12.6 Å². The van der Waals surface area contributed by atoms with Gasteiger partial charge in [-0.25, -0.2) is 0 Å². The molecule has 0 saturated heterocycles. The Morgan fingerprint density at radius 2 is 1.70 bits per heavy atom. The summed E-state index contributed by atoms with van der Waals surface area (Å²) in [7, 11) is 4.01. The highest BCUT2D eigenvalue weighted by atomic mass is 15.2. The van der Waals surface area contributed by atoms with E-state index >= 15 is 0 Å². The molecule has 0 spiro atoms. The predicted molar refractivity (Wildman–Crippen MR) is 141 cm³/mol. The molecule has 1 aromatic carbocycles. The van der Waals surface area contributed by atoms with Gasteiger partial charge in [0.2, 0.25) is 0 Å². The molecule has 0 saturated carbocycles. The van der Waals surface area contributed by atoms with E-state index in [-0.39, 0.29) is 0 Å². The summed E-state index contributed by atoms with van der Waals surface area (Å²) >= 11 is 0. The molecule has 0 aromatic heterocycles. The maximum absolute atomic E-state index is 3.73. The number of hydrogen-bond donors (Lipinski definition) is 0. The fourth-order valence-corrected chi connectivity index (χ4v) is 3.61. The van der Waals surface area contributed by atoms with Crippen LogP contribution in [0.1, 0.15) is 84.8 Å². The van der Waals surface area contributed by atoms with Crippen molar-refractivity contribution >= 4 is 11.9 Å². The molecule has 1 unspecified atom stereocenters. The average molecular weight is 418 g/mol. The third-order valence-electron chi connectivity index (χ3n) is 5.22. The summed E-state index contributed by atoms with van der Waals surface area (Å²) in [5.41, 5.74) is 4.42. The second-order valence-electron chi connectivity index (χ2n) is 7.33. The van der Waals surface area contributed by atoms with Crippen LogP contribution in [-0.4, -0.2) is 50.9 Å². The highest BCUT2D eigenvalue weighted by molar-refractivity contribution is 5.63. The summed E-state index contributed by atoms with van der Waals surface area (Å²) in [5.74, 6) is 0.657. The van der Waals surface area contributed by atoms with Gasteiger partial charge in [0.1, 0.15) is 0 Å². The number of fused-ring (bicyclic) bond motifs is 1. The standard InChI is InChI=1S/C17H28N2.C4H9N.C4H8.C2H6/c1-6-16-15(12-18(5)7-2)14-11-13(4)9-10-17(14)19(16)8-3;1-3-4-5-2;1-3-4-2;1-2/h9-11,15-16H,6-8,12H2,1-5H3;4H,3H2,1-2H3;3H,1,4H2,2H3;1-2H3/t15-,16?;;;/m0.../s1. The van der Waals surface area contributed by atoms with E-state index in [4.69, 9.17) is 0 Å². The van der Waals surface area contributed by atoms with E-state index in [1.165, 1.54) is 24.2 Å². The van der Waals surface area contributed by atoms with Crippen LogP contribution in [0.4, 0.5) is 5.69 Å². The quantitative estimate of drug-likeness (QED) is 0.341. The normalized spacial score (nSPS) is 16.7. The zero-order chi connectivity index (χ0) is 23.5. The fraction of sp³-hybridized carbons (Fsp3) is 0.667. The second kappa shape index (κ2) is 19.4. The minimum Gasteiger partial charge on any atom is -0.368 e. The highest BCUT2D eigenvalue weighted by Gasteiger charge is 2.36. The van der Waals surface area contributed by atoms with Crippen LogP contribution in [0.25, 0.3) is 0 Å². The van der Waals surface area contributed by atoms with Crippen molar-refractivity contribution in [3.05, 3.63) is 42.0 Å². The first-order valence-corrected chi connectivity index (χ1v) is 12.0. The number of benzene rings is 1. The maximum atomic E-state index is 3.73. The van der Waals surface area contributed by atoms with Gasteiger partial charge in [-0.05, 0) is 64.5 Å². The zero-order valence-electron chi connectivity index (χ0n) is 21.8. The zero-order valence-corrected chi connectivity index (χ0v) is 21.8. The molecule has 3 nitrogen and oxygen atoms in total. The van der Waals surface area contributed by atoms with Gasteiger partial charge in [-0.1, -0.05) is 65.3 Å². The lowest BCUT2D eigenvalue weighted by Gasteiger charge is -2.30. The Kier molecular flexibility index (Phi) is 19.7. The Labute approximate surface area is 189 Å². The molecule has 1 aromatic rings. The van der Waals surface area contributed by atoms with E-state index < -0.39 is 0 Å². The first kappa shape index (κ1) is 30.6. The Hall–Kier alpha value is -1.61. The maximum Gasteiger partial charge on any atom is 0.0405 e. The van der Waals surface area contributed by atoms with Crippen LogP contribution in [0.5, 0.6) is 0 Å². The van der Waals surface area contributed by atoms with Crippen molar-refractivity contribution in [2.24, 2.45) is 4.99 Å². The van der Waals surface area contributed by atoms with Gasteiger partial charge < -0.3 is 14.8 Å². The third-order valence-corrected chi connectivity index (χ3v) is 5.22. The van der Waals surface area contributed by atoms with Gasteiger partial charge in [-0.2, -0.15) is 0 Å². The number of likely N-dealkylation sites (N-methyl/N-ethyl adjacent to an activating group) is 2. The minimum absolute atomic E-state index is 0.657. The molecule has 0 aliphatic carbocycles. The number of rotatable bonds is 7. The van der Waals surface area contributed by atoms with Gasteiger partial charge in [-0.15, -0.1) is 6.58 Å². The topological polar surface area (TPSA) is 18.8 Å². The summed E-state index contributed by atoms with van der Waals surface area (Å²) in [6, 6.07) is 7.64. The van der Waals surface area contributed by atoms with Crippen molar-refractivity contribution in [2.75, 3.05) is 38.6 Å². The second-order valence-corrected chi connectivity index (χ2v) is 7.33. The summed E-state index contributed by atoms with van der Waals surface area (Å²) in [6.45, 7) is 24.1. The van der Waals surface area contributed by atoms with E-state index in [1.807, 2.05) is 26.1 Å². The molecule has 174 valence electrons. The monoisotopic (exact) mass is 417 g/mol. The molecule has 2 atom stereocenters. The Bertz CT molecular complexity index is 565. The van der Waals surface area contributed by atoms with E-state index in [9.17, 15) is 0 Å². The van der Waals surface area contributed by atoms with Crippen molar-refractivity contribution in [2.45, 2.75) is 86.6 Å². The van der Waals surface area contributed by atoms with Crippen LogP contribution < -0.4 is 4.90 Å². The van der Waals surface area contributed by atoms with Crippen molar-refractivity contribution in [1.29, 1.82) is 0 Å². The van der Waals surface area contributed by atoms with Gasteiger partial charge in [0.05, 0.1) is 0 Å². The van der Waals surface area contributed by atoms with E-state index in [0.29, 0.717) is 12.0 Å². The van der Waals surface area contributed by atoms with Crippen LogP contribution in [-0.2, 0) is 0 Å². The van der Waals surface area contributed by atoms with Gasteiger partial charge in [0, 0.05) is 37.8 Å². The molecule has 1 aliphatic heterocycles. The molecule has 1 heterocycles. The number of nitrogens with zero attached hydrogens (tertiary/aromatic N) is 3. The average Bonchev–Trinajstić information content (AvgIpc) is 3.07. The van der Waals surface area contributed by atoms with Gasteiger partial charge in [-0.3, -0.25) is 0 Å². The molecule has 2 rings (SSSR count). The lowest BCUT2D eigenvalue weighted by molar-refractivity contribution is 0.308. The lowest BCUT2D eigenvalue weighted by atomic mass is 9.92. The molecular formula is C27H51N3. The molecule has 1 aliphatic rings. The first-order valence-electron chi connectivity index (χ1n) is 12.0. The van der Waals surface area contributed by atoms with Crippen LogP contribution in [0.15, 0.2) is 35.8 Å². The smallest absolute Gasteiger partial charge is 0.0405 e. The molecule has 0 bridgehead atoms. The molecule has 0 N–H and O–H groups in total. The molecule has 30 heavy (non-hydrogen) atoms. The number of allylic oxidation sites excluding steroid dienone is 1. The number of hydrogen-bond acceptors (Lipinski definition) is 3. The number of anilines is 1. The number of aliphatic imine (C=N–C) groups is 1. The minimum atomic E-state index is 0.657. The Balaban J connectivity index is 0.